The summed E-state index contributed by atoms with van der Waals surface area (Å²) in [6.45, 7) is 2.37. The monoisotopic (exact) mass is 226 g/mol. The van der Waals surface area contributed by atoms with Crippen molar-refractivity contribution >= 4 is 0 Å². The highest BCUT2D eigenvalue weighted by molar-refractivity contribution is 5.10. The first kappa shape index (κ1) is 13.2. The summed E-state index contributed by atoms with van der Waals surface area (Å²) in [6.07, 6.45) is 4.92. The van der Waals surface area contributed by atoms with Crippen LogP contribution in [0.4, 0.5) is 0 Å². The van der Waals surface area contributed by atoms with E-state index in [4.69, 9.17) is 10.5 Å². The lowest BCUT2D eigenvalue weighted by Crippen LogP contribution is -2.31. The fourth-order valence-corrected chi connectivity index (χ4v) is 1.80. The second kappa shape index (κ2) is 6.62. The summed E-state index contributed by atoms with van der Waals surface area (Å²) in [6, 6.07) is 0.241. The molecule has 0 aliphatic rings. The fraction of sp³-hybridized carbons (Fsp3) is 0.727. The van der Waals surface area contributed by atoms with Gasteiger partial charge in [-0.15, -0.1) is 0 Å². The average molecular weight is 226 g/mol. The summed E-state index contributed by atoms with van der Waals surface area (Å²) in [7, 11) is 5.73. The van der Waals surface area contributed by atoms with Crippen LogP contribution in [0, 0.1) is 0 Å². The Kier molecular flexibility index (Phi) is 5.45. The molecule has 0 aliphatic carbocycles. The minimum Gasteiger partial charge on any atom is -0.385 e. The summed E-state index contributed by atoms with van der Waals surface area (Å²) >= 11 is 0. The van der Waals surface area contributed by atoms with Gasteiger partial charge >= 0.3 is 0 Å². The van der Waals surface area contributed by atoms with Crippen LogP contribution < -0.4 is 5.73 Å². The zero-order chi connectivity index (χ0) is 12.0. The highest BCUT2D eigenvalue weighted by Gasteiger charge is 2.16. The highest BCUT2D eigenvalue weighted by atomic mass is 16.5. The SMILES string of the molecule is COCCCN(C)C(CN)c1cnn(C)c1. The molecular weight excluding hydrogens is 204 g/mol. The first-order valence-corrected chi connectivity index (χ1v) is 5.56. The van der Waals surface area contributed by atoms with Gasteiger partial charge in [-0.25, -0.2) is 0 Å². The number of rotatable bonds is 7. The molecule has 5 nitrogen and oxygen atoms in total. The fourth-order valence-electron chi connectivity index (χ4n) is 1.80. The molecular formula is C11H22N4O. The molecule has 1 atom stereocenters. The van der Waals surface area contributed by atoms with E-state index in [0.29, 0.717) is 6.54 Å². The van der Waals surface area contributed by atoms with Crippen LogP contribution in [-0.4, -0.2) is 48.5 Å². The van der Waals surface area contributed by atoms with Crippen molar-refractivity contribution in [1.82, 2.24) is 14.7 Å². The highest BCUT2D eigenvalue weighted by Crippen LogP contribution is 2.17. The number of ether oxygens (including phenoxy) is 1. The third-order valence-electron chi connectivity index (χ3n) is 2.72. The van der Waals surface area contributed by atoms with Crippen LogP contribution >= 0.6 is 0 Å². The van der Waals surface area contributed by atoms with Gasteiger partial charge in [0.05, 0.1) is 6.20 Å². The maximum Gasteiger partial charge on any atom is 0.0538 e. The van der Waals surface area contributed by atoms with Gasteiger partial charge in [0.1, 0.15) is 0 Å². The topological polar surface area (TPSA) is 56.3 Å². The van der Waals surface area contributed by atoms with Crippen molar-refractivity contribution in [3.05, 3.63) is 18.0 Å². The Morgan fingerprint density at radius 3 is 2.88 bits per heavy atom. The minimum absolute atomic E-state index is 0.241. The van der Waals surface area contributed by atoms with Crippen LogP contribution in [0.2, 0.25) is 0 Å². The predicted octanol–water partition coefficient (Wildman–Crippen LogP) is 0.388. The Labute approximate surface area is 97.2 Å². The Balaban J connectivity index is 2.53. The summed E-state index contributed by atoms with van der Waals surface area (Å²) in [5.41, 5.74) is 6.98. The summed E-state index contributed by atoms with van der Waals surface area (Å²) < 4.78 is 6.85. The Bertz CT molecular complexity index is 300. The smallest absolute Gasteiger partial charge is 0.0538 e. The number of hydrogen-bond donors (Lipinski definition) is 1. The molecule has 0 saturated heterocycles. The molecule has 0 aromatic carbocycles. The quantitative estimate of drug-likeness (QED) is 0.683. The van der Waals surface area contributed by atoms with Gasteiger partial charge in [-0.05, 0) is 13.5 Å². The van der Waals surface area contributed by atoms with Crippen molar-refractivity contribution in [2.75, 3.05) is 33.9 Å². The first-order valence-electron chi connectivity index (χ1n) is 5.56. The van der Waals surface area contributed by atoms with Crippen molar-refractivity contribution in [2.24, 2.45) is 12.8 Å². The van der Waals surface area contributed by atoms with E-state index in [0.717, 1.165) is 19.6 Å². The van der Waals surface area contributed by atoms with Gasteiger partial charge in [-0.3, -0.25) is 9.58 Å². The van der Waals surface area contributed by atoms with Gasteiger partial charge in [0, 0.05) is 51.7 Å². The molecule has 1 aromatic rings. The van der Waals surface area contributed by atoms with Crippen molar-refractivity contribution in [1.29, 1.82) is 0 Å². The van der Waals surface area contributed by atoms with Crippen LogP contribution in [0.5, 0.6) is 0 Å². The van der Waals surface area contributed by atoms with E-state index in [1.807, 2.05) is 19.4 Å². The third-order valence-corrected chi connectivity index (χ3v) is 2.72. The second-order valence-electron chi connectivity index (χ2n) is 4.03. The lowest BCUT2D eigenvalue weighted by molar-refractivity contribution is 0.166. The lowest BCUT2D eigenvalue weighted by Gasteiger charge is -2.25. The van der Waals surface area contributed by atoms with E-state index in [1.54, 1.807) is 11.8 Å². The Morgan fingerprint density at radius 1 is 1.62 bits per heavy atom. The number of methoxy groups -OCH3 is 1. The molecule has 5 heteroatoms. The molecule has 2 N–H and O–H groups in total. The maximum absolute atomic E-state index is 5.81. The van der Waals surface area contributed by atoms with Crippen LogP contribution in [0.1, 0.15) is 18.0 Å². The zero-order valence-electron chi connectivity index (χ0n) is 10.4. The second-order valence-corrected chi connectivity index (χ2v) is 4.03. The minimum atomic E-state index is 0.241. The molecule has 0 bridgehead atoms. The van der Waals surface area contributed by atoms with Gasteiger partial charge in [0.25, 0.3) is 0 Å². The summed E-state index contributed by atoms with van der Waals surface area (Å²) in [4.78, 5) is 2.25. The van der Waals surface area contributed by atoms with E-state index in [9.17, 15) is 0 Å². The standard InChI is InChI=1S/C11H22N4O/c1-14(5-4-6-16-3)11(7-12)10-8-13-15(2)9-10/h8-9,11H,4-7,12H2,1-3H3. The third kappa shape index (κ3) is 3.59. The summed E-state index contributed by atoms with van der Waals surface area (Å²) in [5.74, 6) is 0. The number of hydrogen-bond acceptors (Lipinski definition) is 4. The van der Waals surface area contributed by atoms with E-state index in [2.05, 4.69) is 17.0 Å². The first-order chi connectivity index (χ1) is 7.69. The molecule has 0 aliphatic heterocycles. The van der Waals surface area contributed by atoms with Gasteiger partial charge in [0.15, 0.2) is 0 Å². The average Bonchev–Trinajstić information content (AvgIpc) is 2.66. The van der Waals surface area contributed by atoms with Crippen LogP contribution in [0.15, 0.2) is 12.4 Å². The number of nitrogens with zero attached hydrogens (tertiary/aromatic N) is 3. The molecule has 1 heterocycles. The van der Waals surface area contributed by atoms with Crippen LogP contribution in [0.25, 0.3) is 0 Å². The number of nitrogens with two attached hydrogens (primary N) is 1. The number of aromatic nitrogens is 2. The molecule has 92 valence electrons. The molecule has 1 rings (SSSR count). The molecule has 16 heavy (non-hydrogen) atoms. The van der Waals surface area contributed by atoms with Gasteiger partial charge < -0.3 is 10.5 Å². The predicted molar refractivity (Wildman–Crippen MR) is 64.1 cm³/mol. The molecule has 0 saturated carbocycles. The van der Waals surface area contributed by atoms with E-state index < -0.39 is 0 Å². The van der Waals surface area contributed by atoms with E-state index in [1.165, 1.54) is 5.56 Å². The molecule has 1 unspecified atom stereocenters. The van der Waals surface area contributed by atoms with Crippen LogP contribution in [-0.2, 0) is 11.8 Å². The van der Waals surface area contributed by atoms with Crippen LogP contribution in [0.3, 0.4) is 0 Å². The molecule has 0 spiro atoms. The normalized spacial score (nSPS) is 13.3. The van der Waals surface area contributed by atoms with Crippen molar-refractivity contribution in [3.8, 4) is 0 Å². The summed E-state index contributed by atoms with van der Waals surface area (Å²) in [5, 5.41) is 4.17. The van der Waals surface area contributed by atoms with Crippen molar-refractivity contribution in [2.45, 2.75) is 12.5 Å². The molecule has 0 radical (unpaired) electrons. The van der Waals surface area contributed by atoms with Crippen molar-refractivity contribution in [3.63, 3.8) is 0 Å². The largest absolute Gasteiger partial charge is 0.385 e. The number of aryl methyl sites for hydroxylation is 1. The Hall–Kier alpha value is -0.910. The Morgan fingerprint density at radius 2 is 2.38 bits per heavy atom. The van der Waals surface area contributed by atoms with Crippen molar-refractivity contribution < 1.29 is 4.74 Å². The van der Waals surface area contributed by atoms with Gasteiger partial charge in [0.2, 0.25) is 0 Å². The lowest BCUT2D eigenvalue weighted by atomic mass is 10.1. The van der Waals surface area contributed by atoms with Gasteiger partial charge in [-0.2, -0.15) is 5.10 Å². The molecule has 1 aromatic heterocycles. The van der Waals surface area contributed by atoms with Gasteiger partial charge in [-0.1, -0.05) is 0 Å². The zero-order valence-corrected chi connectivity index (χ0v) is 10.4. The molecule has 0 fully saturated rings. The number of likely N-dealkylation sites (N-methyl/N-ethyl adjacent to an activating group) is 1. The van der Waals surface area contributed by atoms with E-state index in [-0.39, 0.29) is 6.04 Å². The maximum atomic E-state index is 5.81. The molecule has 0 amide bonds. The van der Waals surface area contributed by atoms with E-state index >= 15 is 0 Å².